The Balaban J connectivity index is 0.00000112. The predicted molar refractivity (Wildman–Crippen MR) is 101 cm³/mol. The van der Waals surface area contributed by atoms with Crippen LogP contribution in [0.5, 0.6) is 5.75 Å². The van der Waals surface area contributed by atoms with Crippen molar-refractivity contribution in [2.45, 2.75) is 40.7 Å². The second kappa shape index (κ2) is 11.7. The molecule has 1 aromatic heterocycles. The highest BCUT2D eigenvalue weighted by Crippen LogP contribution is 2.29. The molecule has 0 bridgehead atoms. The van der Waals surface area contributed by atoms with Crippen molar-refractivity contribution >= 4 is 0 Å². The van der Waals surface area contributed by atoms with Crippen molar-refractivity contribution in [3.8, 4) is 17.0 Å². The summed E-state index contributed by atoms with van der Waals surface area (Å²) in [7, 11) is 5.80. The average Bonchev–Trinajstić information content (AvgIpc) is 2.64. The lowest BCUT2D eigenvalue weighted by atomic mass is 10.1. The van der Waals surface area contributed by atoms with Crippen LogP contribution >= 0.6 is 0 Å². The number of nitrogens with zero attached hydrogens (tertiary/aromatic N) is 2. The minimum absolute atomic E-state index is 0.287. The third-order valence-corrected chi connectivity index (χ3v) is 3.36. The Morgan fingerprint density at radius 1 is 0.913 bits per heavy atom. The van der Waals surface area contributed by atoms with E-state index in [1.807, 2.05) is 64.1 Å². The van der Waals surface area contributed by atoms with Crippen LogP contribution in [0.25, 0.3) is 11.3 Å². The maximum absolute atomic E-state index is 5.40. The second-order valence-electron chi connectivity index (χ2n) is 4.79. The first-order chi connectivity index (χ1) is 11.1. The molecule has 0 aliphatic heterocycles. The molecule has 0 amide bonds. The highest BCUT2D eigenvalue weighted by molar-refractivity contribution is 5.67. The van der Waals surface area contributed by atoms with E-state index in [9.17, 15) is 0 Å². The Bertz CT molecular complexity index is 553. The van der Waals surface area contributed by atoms with Gasteiger partial charge in [0.05, 0.1) is 18.5 Å². The highest BCUT2D eigenvalue weighted by Gasteiger charge is 2.12. The van der Waals surface area contributed by atoms with Crippen LogP contribution in [0, 0.1) is 0 Å². The summed E-state index contributed by atoms with van der Waals surface area (Å²) in [5, 5.41) is 0. The molecule has 0 saturated carbocycles. The van der Waals surface area contributed by atoms with E-state index >= 15 is 0 Å². The van der Waals surface area contributed by atoms with Gasteiger partial charge in [-0.05, 0) is 45.3 Å². The third kappa shape index (κ3) is 6.03. The number of pyridine rings is 1. The summed E-state index contributed by atoms with van der Waals surface area (Å²) in [6.07, 6.45) is 0. The van der Waals surface area contributed by atoms with E-state index in [4.69, 9.17) is 9.72 Å². The van der Waals surface area contributed by atoms with Crippen molar-refractivity contribution in [3.05, 3.63) is 48.2 Å². The monoisotopic (exact) mass is 316 g/mol. The molecule has 0 radical (unpaired) electrons. The second-order valence-corrected chi connectivity index (χ2v) is 4.79. The molecule has 0 spiro atoms. The quantitative estimate of drug-likeness (QED) is 0.752. The largest absolute Gasteiger partial charge is 0.496 e. The Hall–Kier alpha value is -1.87. The van der Waals surface area contributed by atoms with E-state index in [0.717, 1.165) is 22.7 Å². The van der Waals surface area contributed by atoms with Crippen LogP contribution in [0.3, 0.4) is 0 Å². The Morgan fingerprint density at radius 3 is 2.09 bits per heavy atom. The summed E-state index contributed by atoms with van der Waals surface area (Å²) in [4.78, 5) is 6.90. The number of aromatic nitrogens is 1. The van der Waals surface area contributed by atoms with Crippen molar-refractivity contribution in [1.29, 1.82) is 0 Å². The molecule has 1 atom stereocenters. The Labute approximate surface area is 142 Å². The first-order valence-corrected chi connectivity index (χ1v) is 8.40. The van der Waals surface area contributed by atoms with Crippen LogP contribution in [-0.4, -0.2) is 31.1 Å². The van der Waals surface area contributed by atoms with Crippen molar-refractivity contribution in [2.75, 3.05) is 21.2 Å². The zero-order valence-corrected chi connectivity index (χ0v) is 15.9. The molecule has 0 aliphatic carbocycles. The molecule has 0 N–H and O–H groups in total. The maximum Gasteiger partial charge on any atom is 0.128 e. The summed E-state index contributed by atoms with van der Waals surface area (Å²) in [5.41, 5.74) is 3.04. The Morgan fingerprint density at radius 2 is 1.52 bits per heavy atom. The molecular formula is C20H32N2O. The molecule has 23 heavy (non-hydrogen) atoms. The van der Waals surface area contributed by atoms with Gasteiger partial charge in [-0.2, -0.15) is 0 Å². The van der Waals surface area contributed by atoms with Crippen molar-refractivity contribution in [3.63, 3.8) is 0 Å². The number of ether oxygens (including phenoxy) is 1. The van der Waals surface area contributed by atoms with Gasteiger partial charge in [0.1, 0.15) is 5.75 Å². The summed E-state index contributed by atoms with van der Waals surface area (Å²) in [6, 6.07) is 14.4. The molecule has 1 unspecified atom stereocenters. The van der Waals surface area contributed by atoms with Gasteiger partial charge in [-0.15, -0.1) is 0 Å². The van der Waals surface area contributed by atoms with Crippen LogP contribution in [0.1, 0.15) is 46.4 Å². The summed E-state index contributed by atoms with van der Waals surface area (Å²) in [5.74, 6) is 0.852. The van der Waals surface area contributed by atoms with Gasteiger partial charge in [0.15, 0.2) is 0 Å². The maximum atomic E-state index is 5.40. The van der Waals surface area contributed by atoms with Gasteiger partial charge in [-0.3, -0.25) is 4.98 Å². The van der Waals surface area contributed by atoms with E-state index < -0.39 is 0 Å². The highest BCUT2D eigenvalue weighted by atomic mass is 16.5. The van der Waals surface area contributed by atoms with Crippen molar-refractivity contribution in [1.82, 2.24) is 9.88 Å². The number of para-hydroxylation sites is 1. The van der Waals surface area contributed by atoms with Gasteiger partial charge in [0.25, 0.3) is 0 Å². The average molecular weight is 316 g/mol. The minimum Gasteiger partial charge on any atom is -0.496 e. The van der Waals surface area contributed by atoms with Gasteiger partial charge in [-0.25, -0.2) is 0 Å². The molecule has 128 valence electrons. The topological polar surface area (TPSA) is 25.4 Å². The molecule has 0 fully saturated rings. The van der Waals surface area contributed by atoms with Crippen LogP contribution in [-0.2, 0) is 0 Å². The molecule has 0 aliphatic rings. The third-order valence-electron chi connectivity index (χ3n) is 3.36. The molecule has 2 rings (SSSR count). The molecule has 0 saturated heterocycles. The number of hydrogen-bond donors (Lipinski definition) is 0. The van der Waals surface area contributed by atoms with Crippen LogP contribution in [0.4, 0.5) is 0 Å². The van der Waals surface area contributed by atoms with Gasteiger partial charge in [0.2, 0.25) is 0 Å². The molecule has 3 nitrogen and oxygen atoms in total. The molecular weight excluding hydrogens is 284 g/mol. The molecule has 2 aromatic rings. The lowest BCUT2D eigenvalue weighted by molar-refractivity contribution is 0.315. The number of benzene rings is 1. The molecule has 1 heterocycles. The minimum atomic E-state index is 0.287. The van der Waals surface area contributed by atoms with E-state index in [0.29, 0.717) is 0 Å². The summed E-state index contributed by atoms with van der Waals surface area (Å²) in [6.45, 7) is 10.1. The van der Waals surface area contributed by atoms with Crippen molar-refractivity contribution < 1.29 is 4.74 Å². The number of rotatable bonds is 4. The fourth-order valence-corrected chi connectivity index (χ4v) is 1.95. The predicted octanol–water partition coefficient (Wildman–Crippen LogP) is 5.43. The van der Waals surface area contributed by atoms with Crippen LogP contribution in [0.15, 0.2) is 42.5 Å². The smallest absolute Gasteiger partial charge is 0.128 e. The Kier molecular flexibility index (Phi) is 10.7. The molecule has 3 heteroatoms. The lowest BCUT2D eigenvalue weighted by Crippen LogP contribution is -2.17. The van der Waals surface area contributed by atoms with Gasteiger partial charge in [0, 0.05) is 11.6 Å². The van der Waals surface area contributed by atoms with Gasteiger partial charge >= 0.3 is 0 Å². The standard InChI is InChI=1S/C16H20N2O.2C2H6/c1-12(18(2)3)14-9-7-10-15(17-14)13-8-5-6-11-16(13)19-4;2*1-2/h5-12H,1-4H3;2*1-2H3. The zero-order valence-electron chi connectivity index (χ0n) is 15.9. The van der Waals surface area contributed by atoms with E-state index in [-0.39, 0.29) is 6.04 Å². The first-order valence-electron chi connectivity index (χ1n) is 8.40. The fraction of sp³-hybridized carbons (Fsp3) is 0.450. The van der Waals surface area contributed by atoms with E-state index in [1.165, 1.54) is 0 Å². The first kappa shape index (κ1) is 21.1. The van der Waals surface area contributed by atoms with E-state index in [1.54, 1.807) is 7.11 Å². The summed E-state index contributed by atoms with van der Waals surface area (Å²) >= 11 is 0. The number of hydrogen-bond acceptors (Lipinski definition) is 3. The fourth-order valence-electron chi connectivity index (χ4n) is 1.95. The van der Waals surface area contributed by atoms with Crippen molar-refractivity contribution in [2.24, 2.45) is 0 Å². The van der Waals surface area contributed by atoms with Crippen LogP contribution < -0.4 is 4.74 Å². The van der Waals surface area contributed by atoms with Crippen LogP contribution in [0.2, 0.25) is 0 Å². The normalized spacial score (nSPS) is 10.8. The number of methoxy groups -OCH3 is 1. The SMILES string of the molecule is CC.CC.COc1ccccc1-c1cccc(C(C)N(C)C)n1. The van der Waals surface area contributed by atoms with E-state index in [2.05, 4.69) is 32.0 Å². The van der Waals surface area contributed by atoms with Gasteiger partial charge in [-0.1, -0.05) is 45.9 Å². The summed E-state index contributed by atoms with van der Waals surface area (Å²) < 4.78 is 5.40. The van der Waals surface area contributed by atoms with Gasteiger partial charge < -0.3 is 9.64 Å². The lowest BCUT2D eigenvalue weighted by Gasteiger charge is -2.19. The molecule has 1 aromatic carbocycles. The zero-order chi connectivity index (χ0) is 17.8.